The van der Waals surface area contributed by atoms with Crippen LogP contribution in [0.1, 0.15) is 22.6 Å². The van der Waals surface area contributed by atoms with Crippen LogP contribution in [0, 0.1) is 0 Å². The van der Waals surface area contributed by atoms with Crippen molar-refractivity contribution in [2.45, 2.75) is 12.5 Å². The molecule has 5 heteroatoms. The Labute approximate surface area is 211 Å². The molecule has 0 aliphatic carbocycles. The van der Waals surface area contributed by atoms with Crippen LogP contribution >= 0.6 is 0 Å². The molecule has 5 rings (SSSR count). The third kappa shape index (κ3) is 5.05. The molecular formula is C31H27N3O2. The maximum absolute atomic E-state index is 13.6. The number of nitrogens with zero attached hydrogens (tertiary/aromatic N) is 2. The molecule has 0 radical (unpaired) electrons. The van der Waals surface area contributed by atoms with Crippen LogP contribution in [0.5, 0.6) is 5.75 Å². The highest BCUT2D eigenvalue weighted by atomic mass is 16.5. The molecular weight excluding hydrogens is 446 g/mol. The van der Waals surface area contributed by atoms with Gasteiger partial charge in [-0.15, -0.1) is 0 Å². The molecule has 0 fully saturated rings. The summed E-state index contributed by atoms with van der Waals surface area (Å²) in [5.41, 5.74) is 5.50. The average molecular weight is 474 g/mol. The van der Waals surface area contributed by atoms with Gasteiger partial charge in [0.05, 0.1) is 24.4 Å². The predicted octanol–water partition coefficient (Wildman–Crippen LogP) is 6.00. The molecule has 0 spiro atoms. The molecule has 0 aliphatic rings. The first-order valence-corrected chi connectivity index (χ1v) is 11.9. The van der Waals surface area contributed by atoms with Crippen LogP contribution < -0.4 is 10.1 Å². The first-order valence-electron chi connectivity index (χ1n) is 11.9. The predicted molar refractivity (Wildman–Crippen MR) is 142 cm³/mol. The minimum atomic E-state index is -0.406. The zero-order valence-corrected chi connectivity index (χ0v) is 20.0. The Morgan fingerprint density at radius 2 is 1.44 bits per heavy atom. The van der Waals surface area contributed by atoms with E-state index in [1.807, 2.05) is 126 Å². The number of ether oxygens (including phenoxy) is 1. The molecule has 0 saturated heterocycles. The van der Waals surface area contributed by atoms with Crippen molar-refractivity contribution in [3.8, 4) is 22.7 Å². The monoisotopic (exact) mass is 473 g/mol. The molecule has 1 amide bonds. The van der Waals surface area contributed by atoms with Crippen LogP contribution in [0.15, 0.2) is 121 Å². The van der Waals surface area contributed by atoms with Crippen molar-refractivity contribution in [3.05, 3.63) is 138 Å². The number of methoxy groups -OCH3 is 1. The van der Waals surface area contributed by atoms with Gasteiger partial charge in [0.2, 0.25) is 5.91 Å². The Kier molecular flexibility index (Phi) is 6.90. The lowest BCUT2D eigenvalue weighted by Crippen LogP contribution is -2.29. The molecule has 36 heavy (non-hydrogen) atoms. The van der Waals surface area contributed by atoms with E-state index in [-0.39, 0.29) is 5.91 Å². The molecule has 5 aromatic rings. The Bertz CT molecular complexity index is 1390. The Morgan fingerprint density at radius 1 is 0.833 bits per heavy atom. The number of hydrogen-bond donors (Lipinski definition) is 1. The Hall–Kier alpha value is -4.64. The summed E-state index contributed by atoms with van der Waals surface area (Å²) in [6, 6.07) is 37.5. The average Bonchev–Trinajstić information content (AvgIpc) is 3.38. The van der Waals surface area contributed by atoms with E-state index in [0.29, 0.717) is 6.54 Å². The number of amides is 1. The summed E-state index contributed by atoms with van der Waals surface area (Å²) in [6.07, 6.45) is 1.98. The molecule has 0 atom stereocenters. The standard InChI is InChI=1S/C31H27N3O2/c1-36-28-19-11-16-25(20-28)30-26(22-34(33-30)27-17-9-4-10-18-27)21-32-31(35)29(23-12-5-2-6-13-23)24-14-7-3-8-15-24/h2-20,22,29H,21H2,1H3,(H,32,35). The first-order chi connectivity index (χ1) is 17.7. The number of para-hydroxylation sites is 1. The normalized spacial score (nSPS) is 10.8. The lowest BCUT2D eigenvalue weighted by Gasteiger charge is -2.18. The first kappa shape index (κ1) is 23.1. The van der Waals surface area contributed by atoms with Gasteiger partial charge in [-0.1, -0.05) is 91.0 Å². The molecule has 5 nitrogen and oxygen atoms in total. The minimum absolute atomic E-state index is 0.0588. The summed E-state index contributed by atoms with van der Waals surface area (Å²) in [5, 5.41) is 8.05. The van der Waals surface area contributed by atoms with Gasteiger partial charge in [0, 0.05) is 23.9 Å². The molecule has 0 aliphatic heterocycles. The summed E-state index contributed by atoms with van der Waals surface area (Å²) in [6.45, 7) is 0.342. The maximum atomic E-state index is 13.6. The fraction of sp³-hybridized carbons (Fsp3) is 0.0968. The second-order valence-corrected chi connectivity index (χ2v) is 8.49. The number of carbonyl (C=O) groups is 1. The van der Waals surface area contributed by atoms with Crippen molar-refractivity contribution in [1.29, 1.82) is 0 Å². The van der Waals surface area contributed by atoms with Crippen molar-refractivity contribution < 1.29 is 9.53 Å². The van der Waals surface area contributed by atoms with Crippen LogP contribution in [0.25, 0.3) is 16.9 Å². The molecule has 1 aromatic heterocycles. The van der Waals surface area contributed by atoms with Crippen molar-refractivity contribution in [3.63, 3.8) is 0 Å². The number of aromatic nitrogens is 2. The summed E-state index contributed by atoms with van der Waals surface area (Å²) in [4.78, 5) is 13.6. The molecule has 4 aromatic carbocycles. The number of rotatable bonds is 8. The molecule has 0 saturated carbocycles. The quantitative estimate of drug-likeness (QED) is 0.301. The van der Waals surface area contributed by atoms with Gasteiger partial charge < -0.3 is 10.1 Å². The molecule has 0 bridgehead atoms. The van der Waals surface area contributed by atoms with E-state index in [1.54, 1.807) is 7.11 Å². The van der Waals surface area contributed by atoms with Crippen LogP contribution in [0.2, 0.25) is 0 Å². The van der Waals surface area contributed by atoms with Gasteiger partial charge in [-0.2, -0.15) is 5.10 Å². The zero-order chi connectivity index (χ0) is 24.7. The fourth-order valence-corrected chi connectivity index (χ4v) is 4.34. The van der Waals surface area contributed by atoms with Gasteiger partial charge in [0.25, 0.3) is 0 Å². The Morgan fingerprint density at radius 3 is 2.06 bits per heavy atom. The van der Waals surface area contributed by atoms with Crippen LogP contribution in [-0.4, -0.2) is 22.8 Å². The van der Waals surface area contributed by atoms with Crippen LogP contribution in [0.4, 0.5) is 0 Å². The van der Waals surface area contributed by atoms with E-state index in [0.717, 1.165) is 39.4 Å². The topological polar surface area (TPSA) is 56.1 Å². The lowest BCUT2D eigenvalue weighted by atomic mass is 9.90. The van der Waals surface area contributed by atoms with Crippen molar-refractivity contribution >= 4 is 5.91 Å². The van der Waals surface area contributed by atoms with Gasteiger partial charge in [0.15, 0.2) is 0 Å². The van der Waals surface area contributed by atoms with E-state index in [2.05, 4.69) is 5.32 Å². The summed E-state index contributed by atoms with van der Waals surface area (Å²) < 4.78 is 7.28. The largest absolute Gasteiger partial charge is 0.497 e. The summed E-state index contributed by atoms with van der Waals surface area (Å²) in [5.74, 6) is 0.290. The Balaban J connectivity index is 1.47. The van der Waals surface area contributed by atoms with E-state index in [1.165, 1.54) is 0 Å². The second-order valence-electron chi connectivity index (χ2n) is 8.49. The fourth-order valence-electron chi connectivity index (χ4n) is 4.34. The third-order valence-electron chi connectivity index (χ3n) is 6.14. The van der Waals surface area contributed by atoms with E-state index >= 15 is 0 Å². The second kappa shape index (κ2) is 10.7. The number of hydrogen-bond acceptors (Lipinski definition) is 3. The minimum Gasteiger partial charge on any atom is -0.497 e. The molecule has 178 valence electrons. The lowest BCUT2D eigenvalue weighted by molar-refractivity contribution is -0.121. The van der Waals surface area contributed by atoms with Gasteiger partial charge >= 0.3 is 0 Å². The smallest absolute Gasteiger partial charge is 0.232 e. The maximum Gasteiger partial charge on any atom is 0.232 e. The highest BCUT2D eigenvalue weighted by Gasteiger charge is 2.23. The third-order valence-corrected chi connectivity index (χ3v) is 6.14. The highest BCUT2D eigenvalue weighted by molar-refractivity contribution is 5.87. The van der Waals surface area contributed by atoms with Crippen LogP contribution in [-0.2, 0) is 11.3 Å². The highest BCUT2D eigenvalue weighted by Crippen LogP contribution is 2.28. The van der Waals surface area contributed by atoms with Crippen molar-refractivity contribution in [1.82, 2.24) is 15.1 Å². The van der Waals surface area contributed by atoms with E-state index in [4.69, 9.17) is 9.84 Å². The number of benzene rings is 4. The number of carbonyl (C=O) groups excluding carboxylic acids is 1. The van der Waals surface area contributed by atoms with Gasteiger partial charge in [-0.3, -0.25) is 4.79 Å². The summed E-state index contributed by atoms with van der Waals surface area (Å²) >= 11 is 0. The zero-order valence-electron chi connectivity index (χ0n) is 20.0. The molecule has 1 N–H and O–H groups in total. The number of nitrogens with one attached hydrogen (secondary N) is 1. The van der Waals surface area contributed by atoms with E-state index < -0.39 is 5.92 Å². The van der Waals surface area contributed by atoms with E-state index in [9.17, 15) is 4.79 Å². The van der Waals surface area contributed by atoms with Crippen molar-refractivity contribution in [2.24, 2.45) is 0 Å². The van der Waals surface area contributed by atoms with Gasteiger partial charge in [-0.05, 0) is 35.4 Å². The summed E-state index contributed by atoms with van der Waals surface area (Å²) in [7, 11) is 1.65. The molecule has 1 heterocycles. The molecule has 0 unspecified atom stereocenters. The van der Waals surface area contributed by atoms with Gasteiger partial charge in [0.1, 0.15) is 5.75 Å². The van der Waals surface area contributed by atoms with Crippen LogP contribution in [0.3, 0.4) is 0 Å². The van der Waals surface area contributed by atoms with Gasteiger partial charge in [-0.25, -0.2) is 4.68 Å². The van der Waals surface area contributed by atoms with Crippen molar-refractivity contribution in [2.75, 3.05) is 7.11 Å². The SMILES string of the molecule is COc1cccc(-c2nn(-c3ccccc3)cc2CNC(=O)C(c2ccccc2)c2ccccc2)c1.